The molecule has 1 heterocycles. The van der Waals surface area contributed by atoms with Crippen molar-refractivity contribution < 1.29 is 9.53 Å². The second-order valence-electron chi connectivity index (χ2n) is 6.46. The van der Waals surface area contributed by atoms with Gasteiger partial charge < -0.3 is 9.64 Å². The first kappa shape index (κ1) is 17.0. The summed E-state index contributed by atoms with van der Waals surface area (Å²) >= 11 is 0. The molecule has 0 aromatic heterocycles. The minimum atomic E-state index is -0.0522. The molecule has 0 atom stereocenters. The highest BCUT2D eigenvalue weighted by atomic mass is 16.5. The fourth-order valence-electron chi connectivity index (χ4n) is 3.27. The van der Waals surface area contributed by atoms with Crippen molar-refractivity contribution in [1.82, 2.24) is 4.90 Å². The number of amides is 1. The Morgan fingerprint density at radius 3 is 2.52 bits per heavy atom. The number of carbonyl (C=O) groups excluding carboxylic acids is 1. The minimum absolute atomic E-state index is 0.0522. The van der Waals surface area contributed by atoms with Crippen LogP contribution in [0.4, 0.5) is 5.69 Å². The van der Waals surface area contributed by atoms with Crippen molar-refractivity contribution in [3.8, 4) is 11.5 Å². The topological polar surface area (TPSA) is 59.0 Å². The van der Waals surface area contributed by atoms with Gasteiger partial charge in [-0.3, -0.25) is 4.79 Å². The maximum Gasteiger partial charge on any atom is 0.254 e. The number of hydrogen-bond acceptors (Lipinski definition) is 4. The highest BCUT2D eigenvalue weighted by molar-refractivity contribution is 5.94. The van der Waals surface area contributed by atoms with Crippen molar-refractivity contribution >= 4 is 11.6 Å². The lowest BCUT2D eigenvalue weighted by atomic mass is 9.98. The van der Waals surface area contributed by atoms with Gasteiger partial charge in [0.25, 0.3) is 5.91 Å². The maximum absolute atomic E-state index is 13.0. The van der Waals surface area contributed by atoms with Crippen molar-refractivity contribution in [2.75, 3.05) is 6.54 Å². The molecule has 1 aliphatic rings. The Morgan fingerprint density at radius 2 is 1.70 bits per heavy atom. The van der Waals surface area contributed by atoms with Crippen LogP contribution in [0.1, 0.15) is 21.5 Å². The summed E-state index contributed by atoms with van der Waals surface area (Å²) in [6, 6.07) is 22.1. The summed E-state index contributed by atoms with van der Waals surface area (Å²) in [5.41, 5.74) is 3.11. The van der Waals surface area contributed by atoms with Crippen LogP contribution < -0.4 is 4.74 Å². The number of para-hydroxylation sites is 1. The number of fused-ring (bicyclic) bond motifs is 1. The summed E-state index contributed by atoms with van der Waals surface area (Å²) in [5, 5.41) is 2.99. The molecule has 134 valence electrons. The zero-order valence-corrected chi connectivity index (χ0v) is 14.7. The first-order valence-corrected chi connectivity index (χ1v) is 8.80. The van der Waals surface area contributed by atoms with Gasteiger partial charge in [0.2, 0.25) is 0 Å². The normalized spacial score (nSPS) is 13.0. The molecule has 5 heteroatoms. The van der Waals surface area contributed by atoms with E-state index in [9.17, 15) is 9.70 Å². The molecule has 1 amide bonds. The molecule has 4 rings (SSSR count). The molecule has 0 aliphatic carbocycles. The van der Waals surface area contributed by atoms with Gasteiger partial charge >= 0.3 is 0 Å². The summed E-state index contributed by atoms with van der Waals surface area (Å²) in [7, 11) is 0. The molecular formula is C22H18N2O3. The van der Waals surface area contributed by atoms with E-state index >= 15 is 0 Å². The van der Waals surface area contributed by atoms with E-state index in [1.807, 2.05) is 48.5 Å². The standard InChI is InChI=1S/C22H18N2O3/c25-22(24-12-11-16-9-10-19(23-26)13-18(16)15-24)17-5-4-8-21(14-17)27-20-6-2-1-3-7-20/h1-10,13-14H,11-12,15H2. The second kappa shape index (κ2) is 7.41. The van der Waals surface area contributed by atoms with E-state index in [0.717, 1.165) is 23.3 Å². The maximum atomic E-state index is 13.0. The van der Waals surface area contributed by atoms with Gasteiger partial charge in [-0.15, -0.1) is 4.91 Å². The van der Waals surface area contributed by atoms with Gasteiger partial charge in [0.15, 0.2) is 0 Å². The van der Waals surface area contributed by atoms with Crippen molar-refractivity contribution in [3.63, 3.8) is 0 Å². The summed E-state index contributed by atoms with van der Waals surface area (Å²) in [6.45, 7) is 1.12. The molecule has 1 aliphatic heterocycles. The minimum Gasteiger partial charge on any atom is -0.457 e. The third kappa shape index (κ3) is 3.72. The average Bonchev–Trinajstić information content (AvgIpc) is 2.73. The fourth-order valence-corrected chi connectivity index (χ4v) is 3.27. The molecule has 0 radical (unpaired) electrons. The molecule has 0 saturated carbocycles. The monoisotopic (exact) mass is 358 g/mol. The van der Waals surface area contributed by atoms with Crippen molar-refractivity contribution in [1.29, 1.82) is 0 Å². The van der Waals surface area contributed by atoms with Crippen LogP contribution in [0.2, 0.25) is 0 Å². The number of nitroso groups, excluding NO2 is 1. The molecule has 0 N–H and O–H groups in total. The molecular weight excluding hydrogens is 340 g/mol. The third-order valence-electron chi connectivity index (χ3n) is 4.65. The van der Waals surface area contributed by atoms with E-state index in [2.05, 4.69) is 5.18 Å². The number of ether oxygens (including phenoxy) is 1. The van der Waals surface area contributed by atoms with Crippen LogP contribution in [0.15, 0.2) is 78.0 Å². The van der Waals surface area contributed by atoms with Crippen LogP contribution in [-0.2, 0) is 13.0 Å². The van der Waals surface area contributed by atoms with Crippen LogP contribution in [-0.4, -0.2) is 17.4 Å². The van der Waals surface area contributed by atoms with E-state index in [4.69, 9.17) is 4.74 Å². The molecule has 0 fully saturated rings. The summed E-state index contributed by atoms with van der Waals surface area (Å²) in [5.74, 6) is 1.29. The first-order chi connectivity index (χ1) is 13.2. The van der Waals surface area contributed by atoms with Crippen LogP contribution in [0, 0.1) is 4.91 Å². The largest absolute Gasteiger partial charge is 0.457 e. The lowest BCUT2D eigenvalue weighted by Gasteiger charge is -2.29. The lowest BCUT2D eigenvalue weighted by molar-refractivity contribution is 0.0734. The Labute approximate surface area is 157 Å². The second-order valence-corrected chi connectivity index (χ2v) is 6.46. The Kier molecular flexibility index (Phi) is 4.66. The summed E-state index contributed by atoms with van der Waals surface area (Å²) in [6.07, 6.45) is 0.764. The van der Waals surface area contributed by atoms with Gasteiger partial charge in [0.05, 0.1) is 0 Å². The van der Waals surface area contributed by atoms with Gasteiger partial charge in [-0.2, -0.15) is 0 Å². The van der Waals surface area contributed by atoms with Gasteiger partial charge in [0.1, 0.15) is 17.2 Å². The first-order valence-electron chi connectivity index (χ1n) is 8.80. The van der Waals surface area contributed by atoms with E-state index in [-0.39, 0.29) is 5.91 Å². The third-order valence-corrected chi connectivity index (χ3v) is 4.65. The number of nitrogens with zero attached hydrogens (tertiary/aromatic N) is 2. The molecule has 3 aromatic rings. The zero-order valence-electron chi connectivity index (χ0n) is 14.7. The van der Waals surface area contributed by atoms with Crippen LogP contribution in [0.3, 0.4) is 0 Å². The lowest BCUT2D eigenvalue weighted by Crippen LogP contribution is -2.35. The molecule has 0 saturated heterocycles. The Morgan fingerprint density at radius 1 is 0.889 bits per heavy atom. The summed E-state index contributed by atoms with van der Waals surface area (Å²) < 4.78 is 5.83. The Bertz CT molecular complexity index is 986. The predicted octanol–water partition coefficient (Wildman–Crippen LogP) is 5.08. The average molecular weight is 358 g/mol. The van der Waals surface area contributed by atoms with E-state index in [1.54, 1.807) is 29.2 Å². The van der Waals surface area contributed by atoms with E-state index in [0.29, 0.717) is 30.1 Å². The molecule has 0 unspecified atom stereocenters. The van der Waals surface area contributed by atoms with E-state index in [1.165, 1.54) is 0 Å². The number of benzene rings is 3. The van der Waals surface area contributed by atoms with Crippen LogP contribution in [0.25, 0.3) is 0 Å². The fraction of sp³-hybridized carbons (Fsp3) is 0.136. The quantitative estimate of drug-likeness (QED) is 0.611. The molecule has 27 heavy (non-hydrogen) atoms. The van der Waals surface area contributed by atoms with E-state index < -0.39 is 0 Å². The number of hydrogen-bond donors (Lipinski definition) is 0. The highest BCUT2D eigenvalue weighted by Crippen LogP contribution is 2.26. The van der Waals surface area contributed by atoms with Crippen molar-refractivity contribution in [3.05, 3.63) is 94.4 Å². The SMILES string of the molecule is O=Nc1ccc2c(c1)CN(C(=O)c1cccc(Oc3ccccc3)c1)CC2. The van der Waals surface area contributed by atoms with Crippen molar-refractivity contribution in [2.45, 2.75) is 13.0 Å². The van der Waals surface area contributed by atoms with Crippen LogP contribution >= 0.6 is 0 Å². The molecule has 5 nitrogen and oxygen atoms in total. The van der Waals surface area contributed by atoms with Gasteiger partial charge in [-0.25, -0.2) is 0 Å². The summed E-state index contributed by atoms with van der Waals surface area (Å²) in [4.78, 5) is 25.5. The molecule has 0 spiro atoms. The van der Waals surface area contributed by atoms with Gasteiger partial charge in [0, 0.05) is 18.7 Å². The number of rotatable bonds is 4. The van der Waals surface area contributed by atoms with Crippen LogP contribution in [0.5, 0.6) is 11.5 Å². The van der Waals surface area contributed by atoms with Gasteiger partial charge in [-0.05, 0) is 65.2 Å². The Balaban J connectivity index is 1.53. The van der Waals surface area contributed by atoms with Gasteiger partial charge in [-0.1, -0.05) is 30.3 Å². The number of carbonyl (C=O) groups is 1. The smallest absolute Gasteiger partial charge is 0.254 e. The molecule has 0 bridgehead atoms. The Hall–Kier alpha value is -3.47. The van der Waals surface area contributed by atoms with Crippen molar-refractivity contribution in [2.24, 2.45) is 5.18 Å². The zero-order chi connectivity index (χ0) is 18.6. The highest BCUT2D eigenvalue weighted by Gasteiger charge is 2.22. The predicted molar refractivity (Wildman–Crippen MR) is 103 cm³/mol. The molecule has 3 aromatic carbocycles.